The molecule has 0 radical (unpaired) electrons. The number of aryl methyl sites for hydroxylation is 1. The molecule has 0 aliphatic carbocycles. The molecule has 20 heavy (non-hydrogen) atoms. The van der Waals surface area contributed by atoms with Gasteiger partial charge in [0.15, 0.2) is 0 Å². The third-order valence-electron chi connectivity index (χ3n) is 3.91. The lowest BCUT2D eigenvalue weighted by Crippen LogP contribution is -1.89. The van der Waals surface area contributed by atoms with Gasteiger partial charge in [0.1, 0.15) is 0 Å². The first-order chi connectivity index (χ1) is 9.90. The zero-order valence-electron chi connectivity index (χ0n) is 12.0. The number of benzene rings is 3. The Morgan fingerprint density at radius 2 is 1.55 bits per heavy atom. The molecule has 0 N–H and O–H groups in total. The molecule has 100 valence electrons. The molecule has 0 heteroatoms. The van der Waals surface area contributed by atoms with E-state index in [0.29, 0.717) is 0 Å². The summed E-state index contributed by atoms with van der Waals surface area (Å²) in [6.45, 7) is 2.09. The van der Waals surface area contributed by atoms with E-state index in [1.807, 2.05) is 0 Å². The molecule has 0 heterocycles. The highest BCUT2D eigenvalue weighted by Gasteiger charge is 2.05. The Morgan fingerprint density at radius 1 is 0.850 bits per heavy atom. The Labute approximate surface area is 120 Å². The van der Waals surface area contributed by atoms with E-state index < -0.39 is 0 Å². The van der Waals surface area contributed by atoms with Crippen LogP contribution in [0.15, 0.2) is 66.7 Å². The van der Waals surface area contributed by atoms with Crippen LogP contribution in [0.3, 0.4) is 0 Å². The van der Waals surface area contributed by atoms with E-state index in [2.05, 4.69) is 73.7 Å². The van der Waals surface area contributed by atoms with Crippen LogP contribution in [-0.2, 0) is 6.42 Å². The Kier molecular flexibility index (Phi) is 3.83. The van der Waals surface area contributed by atoms with Crippen molar-refractivity contribution in [3.63, 3.8) is 0 Å². The summed E-state index contributed by atoms with van der Waals surface area (Å²) in [5, 5.41) is 5.51. The predicted molar refractivity (Wildman–Crippen MR) is 89.2 cm³/mol. The van der Waals surface area contributed by atoms with Crippen molar-refractivity contribution in [2.24, 2.45) is 0 Å². The topological polar surface area (TPSA) is 0 Å². The van der Waals surface area contributed by atoms with Crippen molar-refractivity contribution < 1.29 is 0 Å². The summed E-state index contributed by atoms with van der Waals surface area (Å²) in [6, 6.07) is 19.8. The van der Waals surface area contributed by atoms with Crippen LogP contribution >= 0.6 is 0 Å². The lowest BCUT2D eigenvalue weighted by Gasteiger charge is -2.10. The van der Waals surface area contributed by atoms with Gasteiger partial charge in [-0.3, -0.25) is 0 Å². The van der Waals surface area contributed by atoms with E-state index in [0.717, 1.165) is 12.8 Å². The van der Waals surface area contributed by atoms with E-state index in [1.165, 1.54) is 33.5 Å². The van der Waals surface area contributed by atoms with Crippen LogP contribution < -0.4 is 0 Å². The van der Waals surface area contributed by atoms with Gasteiger partial charge < -0.3 is 0 Å². The Hall–Kier alpha value is -2.08. The van der Waals surface area contributed by atoms with Gasteiger partial charge in [-0.2, -0.15) is 0 Å². The highest BCUT2D eigenvalue weighted by atomic mass is 14.1. The summed E-state index contributed by atoms with van der Waals surface area (Å²) >= 11 is 0. The SMILES string of the molecule is C/C=C/CCCc1cc2ccccc2c2ccccc12. The highest BCUT2D eigenvalue weighted by molar-refractivity contribution is 6.08. The molecule has 0 bridgehead atoms. The van der Waals surface area contributed by atoms with Gasteiger partial charge in [-0.25, -0.2) is 0 Å². The van der Waals surface area contributed by atoms with Crippen LogP contribution in [0.1, 0.15) is 25.3 Å². The smallest absolute Gasteiger partial charge is 0.0103 e. The number of rotatable bonds is 4. The maximum atomic E-state index is 2.37. The molecule has 3 aromatic rings. The third kappa shape index (κ3) is 2.46. The second-order valence-corrected chi connectivity index (χ2v) is 5.26. The van der Waals surface area contributed by atoms with E-state index in [-0.39, 0.29) is 0 Å². The van der Waals surface area contributed by atoms with Crippen molar-refractivity contribution in [3.05, 3.63) is 72.3 Å². The lowest BCUT2D eigenvalue weighted by molar-refractivity contribution is 0.848. The third-order valence-corrected chi connectivity index (χ3v) is 3.91. The molecule has 0 amide bonds. The molecule has 0 aromatic heterocycles. The summed E-state index contributed by atoms with van der Waals surface area (Å²) in [6.07, 6.45) is 7.92. The van der Waals surface area contributed by atoms with Crippen LogP contribution in [-0.4, -0.2) is 0 Å². The van der Waals surface area contributed by atoms with E-state index in [9.17, 15) is 0 Å². The second-order valence-electron chi connectivity index (χ2n) is 5.26. The Morgan fingerprint density at radius 3 is 2.35 bits per heavy atom. The fourth-order valence-corrected chi connectivity index (χ4v) is 2.92. The maximum Gasteiger partial charge on any atom is -0.0103 e. The quantitative estimate of drug-likeness (QED) is 0.311. The van der Waals surface area contributed by atoms with Crippen molar-refractivity contribution in [1.82, 2.24) is 0 Å². The zero-order chi connectivity index (χ0) is 13.8. The molecule has 0 unspecified atom stereocenters. The van der Waals surface area contributed by atoms with Crippen LogP contribution in [0.2, 0.25) is 0 Å². The van der Waals surface area contributed by atoms with Gasteiger partial charge in [0.05, 0.1) is 0 Å². The molecular formula is C20H20. The number of fused-ring (bicyclic) bond motifs is 3. The minimum Gasteiger partial charge on any atom is -0.0917 e. The number of unbranched alkanes of at least 4 members (excludes halogenated alkanes) is 1. The average molecular weight is 260 g/mol. The maximum absolute atomic E-state index is 2.37. The molecule has 0 atom stereocenters. The summed E-state index contributed by atoms with van der Waals surface area (Å²) in [5.41, 5.74) is 1.48. The van der Waals surface area contributed by atoms with Gasteiger partial charge in [-0.05, 0) is 53.3 Å². The van der Waals surface area contributed by atoms with E-state index in [4.69, 9.17) is 0 Å². The van der Waals surface area contributed by atoms with E-state index >= 15 is 0 Å². The summed E-state index contributed by atoms with van der Waals surface area (Å²) in [7, 11) is 0. The van der Waals surface area contributed by atoms with E-state index in [1.54, 1.807) is 0 Å². The first-order valence-electron chi connectivity index (χ1n) is 7.40. The zero-order valence-corrected chi connectivity index (χ0v) is 12.0. The largest absolute Gasteiger partial charge is 0.0917 e. The van der Waals surface area contributed by atoms with Gasteiger partial charge in [0, 0.05) is 0 Å². The van der Waals surface area contributed by atoms with Crippen LogP contribution in [0.25, 0.3) is 21.5 Å². The lowest BCUT2D eigenvalue weighted by atomic mass is 9.94. The molecule has 3 rings (SSSR count). The highest BCUT2D eigenvalue weighted by Crippen LogP contribution is 2.29. The predicted octanol–water partition coefficient (Wildman–Crippen LogP) is 5.89. The molecule has 3 aromatic carbocycles. The van der Waals surface area contributed by atoms with Gasteiger partial charge in [-0.15, -0.1) is 0 Å². The molecular weight excluding hydrogens is 240 g/mol. The Bertz CT molecular complexity index is 750. The van der Waals surface area contributed by atoms with Gasteiger partial charge in [-0.1, -0.05) is 66.7 Å². The molecule has 0 nitrogen and oxygen atoms in total. The first-order valence-corrected chi connectivity index (χ1v) is 7.40. The van der Waals surface area contributed by atoms with Crippen LogP contribution in [0, 0.1) is 0 Å². The molecule has 0 saturated carbocycles. The van der Waals surface area contributed by atoms with Crippen molar-refractivity contribution in [2.45, 2.75) is 26.2 Å². The summed E-state index contributed by atoms with van der Waals surface area (Å²) < 4.78 is 0. The van der Waals surface area contributed by atoms with Gasteiger partial charge in [0.25, 0.3) is 0 Å². The average Bonchev–Trinajstić information content (AvgIpc) is 2.51. The first kappa shape index (κ1) is 12.9. The summed E-state index contributed by atoms with van der Waals surface area (Å²) in [4.78, 5) is 0. The summed E-state index contributed by atoms with van der Waals surface area (Å²) in [5.74, 6) is 0. The monoisotopic (exact) mass is 260 g/mol. The molecule has 0 spiro atoms. The van der Waals surface area contributed by atoms with Crippen LogP contribution in [0.4, 0.5) is 0 Å². The number of hydrogen-bond donors (Lipinski definition) is 0. The molecule has 0 saturated heterocycles. The molecule has 0 aliphatic heterocycles. The standard InChI is InChI=1S/C20H20/c1-2-3-4-5-10-16-15-17-11-6-7-12-18(17)20-14-9-8-13-19(16)20/h2-3,6-9,11-15H,4-5,10H2,1H3/b3-2+. The Balaban J connectivity index is 2.09. The van der Waals surface area contributed by atoms with Crippen molar-refractivity contribution in [2.75, 3.05) is 0 Å². The minimum absolute atomic E-state index is 1.15. The molecule has 0 aliphatic rings. The fraction of sp³-hybridized carbons (Fsp3) is 0.200. The minimum atomic E-state index is 1.15. The van der Waals surface area contributed by atoms with Gasteiger partial charge in [0.2, 0.25) is 0 Å². The molecule has 0 fully saturated rings. The van der Waals surface area contributed by atoms with Crippen molar-refractivity contribution in [3.8, 4) is 0 Å². The van der Waals surface area contributed by atoms with Gasteiger partial charge >= 0.3 is 0 Å². The van der Waals surface area contributed by atoms with Crippen molar-refractivity contribution >= 4 is 21.5 Å². The second kappa shape index (κ2) is 5.92. The normalized spacial score (nSPS) is 11.7. The fourth-order valence-electron chi connectivity index (χ4n) is 2.92. The van der Waals surface area contributed by atoms with Crippen LogP contribution in [0.5, 0.6) is 0 Å². The number of allylic oxidation sites excluding steroid dienone is 2. The number of hydrogen-bond acceptors (Lipinski definition) is 0. The van der Waals surface area contributed by atoms with Crippen molar-refractivity contribution in [1.29, 1.82) is 0 Å².